The SMILES string of the molecule is CCCCn1cnc2c(NCCC)nc(N)nc21. The van der Waals surface area contributed by atoms with Crippen LogP contribution in [-0.4, -0.2) is 26.1 Å². The van der Waals surface area contributed by atoms with E-state index in [9.17, 15) is 0 Å². The lowest BCUT2D eigenvalue weighted by Gasteiger charge is -2.06. The monoisotopic (exact) mass is 248 g/mol. The Balaban J connectivity index is 2.37. The predicted octanol–water partition coefficient (Wildman–Crippen LogP) is 2.03. The number of nitrogens with one attached hydrogen (secondary N) is 1. The second-order valence-corrected chi connectivity index (χ2v) is 4.32. The number of unbranched alkanes of at least 4 members (excludes halogenated alkanes) is 1. The van der Waals surface area contributed by atoms with Gasteiger partial charge in [-0.2, -0.15) is 9.97 Å². The predicted molar refractivity (Wildman–Crippen MR) is 73.4 cm³/mol. The Morgan fingerprint density at radius 2 is 2.11 bits per heavy atom. The number of aryl methyl sites for hydroxylation is 1. The van der Waals surface area contributed by atoms with Crippen LogP contribution in [0.5, 0.6) is 0 Å². The van der Waals surface area contributed by atoms with E-state index in [2.05, 4.69) is 34.1 Å². The lowest BCUT2D eigenvalue weighted by atomic mass is 10.3. The molecule has 0 fully saturated rings. The zero-order valence-corrected chi connectivity index (χ0v) is 11.0. The Labute approximate surface area is 107 Å². The molecule has 0 saturated carbocycles. The Morgan fingerprint density at radius 1 is 1.28 bits per heavy atom. The van der Waals surface area contributed by atoms with E-state index in [1.165, 1.54) is 0 Å². The van der Waals surface area contributed by atoms with E-state index < -0.39 is 0 Å². The number of imidazole rings is 1. The van der Waals surface area contributed by atoms with Crippen LogP contribution < -0.4 is 11.1 Å². The average Bonchev–Trinajstić information content (AvgIpc) is 2.76. The van der Waals surface area contributed by atoms with Crippen LogP contribution in [0.4, 0.5) is 11.8 Å². The fourth-order valence-corrected chi connectivity index (χ4v) is 1.82. The second-order valence-electron chi connectivity index (χ2n) is 4.32. The number of hydrogen-bond donors (Lipinski definition) is 2. The summed E-state index contributed by atoms with van der Waals surface area (Å²) >= 11 is 0. The van der Waals surface area contributed by atoms with Crippen molar-refractivity contribution in [2.45, 2.75) is 39.7 Å². The number of anilines is 2. The number of rotatable bonds is 6. The molecule has 18 heavy (non-hydrogen) atoms. The number of hydrogen-bond acceptors (Lipinski definition) is 5. The first-order valence-corrected chi connectivity index (χ1v) is 6.48. The first-order chi connectivity index (χ1) is 8.76. The fraction of sp³-hybridized carbons (Fsp3) is 0.583. The molecule has 98 valence electrons. The summed E-state index contributed by atoms with van der Waals surface area (Å²) in [6, 6.07) is 0. The van der Waals surface area contributed by atoms with Crippen LogP contribution in [0.1, 0.15) is 33.1 Å². The molecule has 2 aromatic heterocycles. The number of aromatic nitrogens is 4. The molecule has 2 heterocycles. The van der Waals surface area contributed by atoms with E-state index in [1.807, 2.05) is 10.9 Å². The van der Waals surface area contributed by atoms with Crippen LogP contribution in [-0.2, 0) is 6.54 Å². The van der Waals surface area contributed by atoms with Crippen LogP contribution in [0.15, 0.2) is 6.33 Å². The highest BCUT2D eigenvalue weighted by Crippen LogP contribution is 2.20. The summed E-state index contributed by atoms with van der Waals surface area (Å²) in [5.74, 6) is 1.02. The normalized spacial score (nSPS) is 11.0. The quantitative estimate of drug-likeness (QED) is 0.817. The summed E-state index contributed by atoms with van der Waals surface area (Å²) in [6.45, 7) is 6.04. The average molecular weight is 248 g/mol. The summed E-state index contributed by atoms with van der Waals surface area (Å²) < 4.78 is 2.04. The molecule has 0 aromatic carbocycles. The Hall–Kier alpha value is -1.85. The largest absolute Gasteiger partial charge is 0.368 e. The molecule has 0 aliphatic rings. The molecule has 6 heteroatoms. The van der Waals surface area contributed by atoms with E-state index in [0.717, 1.165) is 49.3 Å². The summed E-state index contributed by atoms with van der Waals surface area (Å²) in [5.41, 5.74) is 7.36. The van der Waals surface area contributed by atoms with Gasteiger partial charge in [-0.25, -0.2) is 4.98 Å². The topological polar surface area (TPSA) is 81.7 Å². The maximum atomic E-state index is 5.75. The molecule has 3 N–H and O–H groups in total. The number of nitrogens with two attached hydrogens (primary N) is 1. The van der Waals surface area contributed by atoms with Crippen molar-refractivity contribution in [3.8, 4) is 0 Å². The summed E-state index contributed by atoms with van der Waals surface area (Å²) in [5, 5.41) is 3.24. The van der Waals surface area contributed by atoms with Gasteiger partial charge in [0.05, 0.1) is 6.33 Å². The van der Waals surface area contributed by atoms with Crippen molar-refractivity contribution in [1.29, 1.82) is 0 Å². The summed E-state index contributed by atoms with van der Waals surface area (Å²) in [4.78, 5) is 12.9. The third-order valence-electron chi connectivity index (χ3n) is 2.78. The maximum absolute atomic E-state index is 5.75. The van der Waals surface area contributed by atoms with Gasteiger partial charge in [-0.15, -0.1) is 0 Å². The molecule has 0 amide bonds. The molecule has 2 rings (SSSR count). The smallest absolute Gasteiger partial charge is 0.224 e. The lowest BCUT2D eigenvalue weighted by Crippen LogP contribution is -2.07. The zero-order valence-electron chi connectivity index (χ0n) is 11.0. The highest BCUT2D eigenvalue weighted by molar-refractivity contribution is 5.84. The molecule has 0 spiro atoms. The molecule has 0 saturated heterocycles. The van der Waals surface area contributed by atoms with Gasteiger partial charge in [0.1, 0.15) is 0 Å². The van der Waals surface area contributed by atoms with Gasteiger partial charge in [0.15, 0.2) is 17.0 Å². The number of nitrogens with zero attached hydrogens (tertiary/aromatic N) is 4. The van der Waals surface area contributed by atoms with Crippen LogP contribution in [0.2, 0.25) is 0 Å². The van der Waals surface area contributed by atoms with E-state index >= 15 is 0 Å². The minimum atomic E-state index is 0.291. The minimum Gasteiger partial charge on any atom is -0.368 e. The first kappa shape index (κ1) is 12.6. The fourth-order valence-electron chi connectivity index (χ4n) is 1.82. The van der Waals surface area contributed by atoms with Gasteiger partial charge in [-0.05, 0) is 12.8 Å². The van der Waals surface area contributed by atoms with Crippen molar-refractivity contribution in [2.75, 3.05) is 17.6 Å². The first-order valence-electron chi connectivity index (χ1n) is 6.48. The van der Waals surface area contributed by atoms with Gasteiger partial charge in [0.2, 0.25) is 5.95 Å². The molecular weight excluding hydrogens is 228 g/mol. The van der Waals surface area contributed by atoms with Gasteiger partial charge < -0.3 is 15.6 Å². The molecule has 6 nitrogen and oxygen atoms in total. The minimum absolute atomic E-state index is 0.291. The van der Waals surface area contributed by atoms with Crippen molar-refractivity contribution in [3.63, 3.8) is 0 Å². The highest BCUT2D eigenvalue weighted by atomic mass is 15.2. The summed E-state index contributed by atoms with van der Waals surface area (Å²) in [7, 11) is 0. The van der Waals surface area contributed by atoms with Crippen LogP contribution >= 0.6 is 0 Å². The standard InChI is InChI=1S/C12H20N6/c1-3-5-7-18-8-15-9-10(14-6-4-2)16-12(13)17-11(9)18/h8H,3-7H2,1-2H3,(H3,13,14,16,17). The van der Waals surface area contributed by atoms with E-state index in [1.54, 1.807) is 0 Å². The van der Waals surface area contributed by atoms with Crippen molar-refractivity contribution < 1.29 is 0 Å². The maximum Gasteiger partial charge on any atom is 0.224 e. The Kier molecular flexibility index (Phi) is 3.96. The van der Waals surface area contributed by atoms with Crippen molar-refractivity contribution in [2.24, 2.45) is 0 Å². The van der Waals surface area contributed by atoms with E-state index in [0.29, 0.717) is 5.95 Å². The molecular formula is C12H20N6. The molecule has 2 aromatic rings. The molecule has 0 radical (unpaired) electrons. The zero-order chi connectivity index (χ0) is 13.0. The molecule has 0 atom stereocenters. The number of nitrogen functional groups attached to an aromatic ring is 1. The van der Waals surface area contributed by atoms with Gasteiger partial charge in [-0.3, -0.25) is 0 Å². The van der Waals surface area contributed by atoms with Gasteiger partial charge in [0, 0.05) is 13.1 Å². The highest BCUT2D eigenvalue weighted by Gasteiger charge is 2.11. The third-order valence-corrected chi connectivity index (χ3v) is 2.78. The van der Waals surface area contributed by atoms with E-state index in [-0.39, 0.29) is 0 Å². The Bertz CT molecular complexity index is 519. The van der Waals surface area contributed by atoms with Crippen LogP contribution in [0.3, 0.4) is 0 Å². The molecule has 0 aliphatic carbocycles. The third kappa shape index (κ3) is 2.52. The van der Waals surface area contributed by atoms with Gasteiger partial charge in [-0.1, -0.05) is 20.3 Å². The molecule has 0 bridgehead atoms. The molecule has 0 aliphatic heterocycles. The van der Waals surface area contributed by atoms with Crippen LogP contribution in [0.25, 0.3) is 11.2 Å². The summed E-state index contributed by atoms with van der Waals surface area (Å²) in [6.07, 6.45) is 5.09. The van der Waals surface area contributed by atoms with Crippen molar-refractivity contribution >= 4 is 22.9 Å². The van der Waals surface area contributed by atoms with Gasteiger partial charge >= 0.3 is 0 Å². The van der Waals surface area contributed by atoms with Gasteiger partial charge in [0.25, 0.3) is 0 Å². The lowest BCUT2D eigenvalue weighted by molar-refractivity contribution is 0.642. The van der Waals surface area contributed by atoms with Crippen molar-refractivity contribution in [1.82, 2.24) is 19.5 Å². The van der Waals surface area contributed by atoms with Crippen LogP contribution in [0, 0.1) is 0 Å². The number of fused-ring (bicyclic) bond motifs is 1. The molecule has 0 unspecified atom stereocenters. The second kappa shape index (κ2) is 5.66. The van der Waals surface area contributed by atoms with E-state index in [4.69, 9.17) is 5.73 Å². The van der Waals surface area contributed by atoms with Crippen molar-refractivity contribution in [3.05, 3.63) is 6.33 Å². The Morgan fingerprint density at radius 3 is 2.83 bits per heavy atom.